The van der Waals surface area contributed by atoms with Crippen LogP contribution in [0.25, 0.3) is 0 Å². The van der Waals surface area contributed by atoms with Crippen molar-refractivity contribution >= 4 is 0 Å². The van der Waals surface area contributed by atoms with Gasteiger partial charge in [-0.05, 0) is 23.5 Å². The standard InChI is InChI=1S/C13H18O/c1-3-12(10-14)9-11(2)13-7-5-4-6-8-13/h4-9,11,14H,3,10H2,1-2H3. The molecule has 0 aliphatic carbocycles. The molecule has 0 amide bonds. The number of benzene rings is 1. The fraction of sp³-hybridized carbons (Fsp3) is 0.385. The SMILES string of the molecule is CCC(=CC(C)c1ccccc1)CO. The maximum absolute atomic E-state index is 9.05. The first-order chi connectivity index (χ1) is 6.77. The first kappa shape index (κ1) is 11.0. The summed E-state index contributed by atoms with van der Waals surface area (Å²) in [5.74, 6) is 0.387. The van der Waals surface area contributed by atoms with Gasteiger partial charge in [0.25, 0.3) is 0 Å². The molecule has 0 aliphatic heterocycles. The number of hydrogen-bond donors (Lipinski definition) is 1. The van der Waals surface area contributed by atoms with Crippen molar-refractivity contribution in [2.75, 3.05) is 6.61 Å². The Morgan fingerprint density at radius 2 is 2.00 bits per heavy atom. The zero-order chi connectivity index (χ0) is 10.4. The van der Waals surface area contributed by atoms with Crippen LogP contribution in [-0.2, 0) is 0 Å². The minimum absolute atomic E-state index is 0.174. The van der Waals surface area contributed by atoms with E-state index in [0.717, 1.165) is 12.0 Å². The zero-order valence-corrected chi connectivity index (χ0v) is 8.90. The second-order valence-corrected chi connectivity index (χ2v) is 3.54. The number of aliphatic hydroxyl groups is 1. The van der Waals surface area contributed by atoms with E-state index in [-0.39, 0.29) is 6.61 Å². The van der Waals surface area contributed by atoms with E-state index in [1.807, 2.05) is 18.2 Å². The smallest absolute Gasteiger partial charge is 0.0641 e. The van der Waals surface area contributed by atoms with Gasteiger partial charge in [0, 0.05) is 0 Å². The van der Waals surface area contributed by atoms with Crippen molar-refractivity contribution in [3.63, 3.8) is 0 Å². The van der Waals surface area contributed by atoms with Gasteiger partial charge in [-0.15, -0.1) is 0 Å². The Balaban J connectivity index is 2.76. The van der Waals surface area contributed by atoms with Gasteiger partial charge >= 0.3 is 0 Å². The van der Waals surface area contributed by atoms with Crippen molar-refractivity contribution in [3.8, 4) is 0 Å². The van der Waals surface area contributed by atoms with Crippen molar-refractivity contribution in [2.24, 2.45) is 0 Å². The van der Waals surface area contributed by atoms with Gasteiger partial charge in [0.15, 0.2) is 0 Å². The summed E-state index contributed by atoms with van der Waals surface area (Å²) in [6, 6.07) is 10.3. The highest BCUT2D eigenvalue weighted by Crippen LogP contribution is 2.18. The third-order valence-electron chi connectivity index (χ3n) is 2.47. The van der Waals surface area contributed by atoms with Gasteiger partial charge in [0.1, 0.15) is 0 Å². The Morgan fingerprint density at radius 1 is 1.36 bits per heavy atom. The van der Waals surface area contributed by atoms with Crippen LogP contribution in [0.1, 0.15) is 31.7 Å². The van der Waals surface area contributed by atoms with Gasteiger partial charge in [-0.25, -0.2) is 0 Å². The molecule has 0 bridgehead atoms. The van der Waals surface area contributed by atoms with Crippen molar-refractivity contribution in [2.45, 2.75) is 26.2 Å². The average Bonchev–Trinajstić information content (AvgIpc) is 2.26. The molecule has 14 heavy (non-hydrogen) atoms. The third-order valence-corrected chi connectivity index (χ3v) is 2.47. The Morgan fingerprint density at radius 3 is 2.50 bits per heavy atom. The number of allylic oxidation sites excluding steroid dienone is 1. The van der Waals surface area contributed by atoms with Gasteiger partial charge in [-0.2, -0.15) is 0 Å². The number of hydrogen-bond acceptors (Lipinski definition) is 1. The Kier molecular flexibility index (Phi) is 4.41. The van der Waals surface area contributed by atoms with Crippen LogP contribution in [0.15, 0.2) is 42.0 Å². The minimum Gasteiger partial charge on any atom is -0.392 e. The molecule has 0 aromatic heterocycles. The van der Waals surface area contributed by atoms with Crippen LogP contribution in [0.2, 0.25) is 0 Å². The highest BCUT2D eigenvalue weighted by Gasteiger charge is 2.02. The molecule has 0 fully saturated rings. The van der Waals surface area contributed by atoms with Crippen LogP contribution >= 0.6 is 0 Å². The summed E-state index contributed by atoms with van der Waals surface area (Å²) in [6.07, 6.45) is 3.07. The number of rotatable bonds is 4. The molecule has 0 saturated heterocycles. The lowest BCUT2D eigenvalue weighted by molar-refractivity contribution is 0.327. The van der Waals surface area contributed by atoms with Crippen LogP contribution in [0, 0.1) is 0 Å². The van der Waals surface area contributed by atoms with E-state index in [1.165, 1.54) is 5.56 Å². The molecular formula is C13H18O. The molecular weight excluding hydrogens is 172 g/mol. The van der Waals surface area contributed by atoms with Gasteiger partial charge in [-0.3, -0.25) is 0 Å². The van der Waals surface area contributed by atoms with E-state index in [4.69, 9.17) is 5.11 Å². The molecule has 1 aromatic carbocycles. The van der Waals surface area contributed by atoms with Crippen molar-refractivity contribution < 1.29 is 5.11 Å². The van der Waals surface area contributed by atoms with Crippen molar-refractivity contribution in [1.29, 1.82) is 0 Å². The molecule has 1 aromatic rings. The largest absolute Gasteiger partial charge is 0.392 e. The average molecular weight is 190 g/mol. The van der Waals surface area contributed by atoms with E-state index in [9.17, 15) is 0 Å². The van der Waals surface area contributed by atoms with Gasteiger partial charge in [-0.1, -0.05) is 50.3 Å². The quantitative estimate of drug-likeness (QED) is 0.723. The summed E-state index contributed by atoms with van der Waals surface area (Å²) >= 11 is 0. The summed E-state index contributed by atoms with van der Waals surface area (Å²) in [4.78, 5) is 0. The predicted molar refractivity (Wildman–Crippen MR) is 60.3 cm³/mol. The summed E-state index contributed by atoms with van der Waals surface area (Å²) in [5.41, 5.74) is 2.41. The van der Waals surface area contributed by atoms with Crippen LogP contribution in [-0.4, -0.2) is 11.7 Å². The molecule has 0 spiro atoms. The maximum atomic E-state index is 9.05. The van der Waals surface area contributed by atoms with E-state index in [1.54, 1.807) is 0 Å². The third kappa shape index (κ3) is 3.00. The summed E-state index contributed by atoms with van der Waals surface area (Å²) < 4.78 is 0. The molecule has 1 nitrogen and oxygen atoms in total. The summed E-state index contributed by atoms with van der Waals surface area (Å²) in [6.45, 7) is 4.40. The lowest BCUT2D eigenvalue weighted by Gasteiger charge is -2.08. The van der Waals surface area contributed by atoms with Crippen LogP contribution in [0.3, 0.4) is 0 Å². The van der Waals surface area contributed by atoms with Crippen LogP contribution < -0.4 is 0 Å². The lowest BCUT2D eigenvalue weighted by Crippen LogP contribution is -1.94. The normalized spacial score (nSPS) is 14.1. The topological polar surface area (TPSA) is 20.2 Å². The molecule has 1 rings (SSSR count). The fourth-order valence-electron chi connectivity index (χ4n) is 1.49. The molecule has 0 aliphatic rings. The van der Waals surface area contributed by atoms with E-state index < -0.39 is 0 Å². The Bertz CT molecular complexity index is 281. The van der Waals surface area contributed by atoms with E-state index >= 15 is 0 Å². The van der Waals surface area contributed by atoms with Gasteiger partial charge < -0.3 is 5.11 Å². The molecule has 76 valence electrons. The first-order valence-electron chi connectivity index (χ1n) is 5.13. The molecule has 0 radical (unpaired) electrons. The maximum Gasteiger partial charge on any atom is 0.0641 e. The molecule has 0 heterocycles. The molecule has 1 heteroatoms. The van der Waals surface area contributed by atoms with E-state index in [0.29, 0.717) is 5.92 Å². The first-order valence-corrected chi connectivity index (χ1v) is 5.13. The van der Waals surface area contributed by atoms with Gasteiger partial charge in [0.2, 0.25) is 0 Å². The monoisotopic (exact) mass is 190 g/mol. The van der Waals surface area contributed by atoms with Crippen LogP contribution in [0.5, 0.6) is 0 Å². The summed E-state index contributed by atoms with van der Waals surface area (Å²) in [5, 5.41) is 9.05. The minimum atomic E-state index is 0.174. The molecule has 1 unspecified atom stereocenters. The van der Waals surface area contributed by atoms with E-state index in [2.05, 4.69) is 32.1 Å². The van der Waals surface area contributed by atoms with Crippen molar-refractivity contribution in [3.05, 3.63) is 47.5 Å². The molecule has 0 saturated carbocycles. The van der Waals surface area contributed by atoms with Crippen molar-refractivity contribution in [1.82, 2.24) is 0 Å². The van der Waals surface area contributed by atoms with Gasteiger partial charge in [0.05, 0.1) is 6.61 Å². The molecule has 1 N–H and O–H groups in total. The zero-order valence-electron chi connectivity index (χ0n) is 8.90. The second-order valence-electron chi connectivity index (χ2n) is 3.54. The highest BCUT2D eigenvalue weighted by molar-refractivity contribution is 5.24. The fourth-order valence-corrected chi connectivity index (χ4v) is 1.49. The lowest BCUT2D eigenvalue weighted by atomic mass is 9.98. The second kappa shape index (κ2) is 5.61. The predicted octanol–water partition coefficient (Wildman–Crippen LogP) is 3.12. The highest BCUT2D eigenvalue weighted by atomic mass is 16.3. The molecule has 1 atom stereocenters. The Hall–Kier alpha value is -1.08. The van der Waals surface area contributed by atoms with Crippen LogP contribution in [0.4, 0.5) is 0 Å². The Labute approximate surface area is 86.1 Å². The number of aliphatic hydroxyl groups excluding tert-OH is 1. The summed E-state index contributed by atoms with van der Waals surface area (Å²) in [7, 11) is 0.